The van der Waals surface area contributed by atoms with Gasteiger partial charge in [0.2, 0.25) is 0 Å². The molecule has 18 heavy (non-hydrogen) atoms. The van der Waals surface area contributed by atoms with Crippen LogP contribution in [0, 0.1) is 0 Å². The molecule has 0 saturated carbocycles. The minimum Gasteiger partial charge on any atom is -0.480 e. The SMILES string of the molecule is CC(C)c1csc(NC(=O)NC(C)(C)C(=O)O)n1. The van der Waals surface area contributed by atoms with Crippen molar-refractivity contribution >= 4 is 28.5 Å². The monoisotopic (exact) mass is 271 g/mol. The first-order valence-electron chi connectivity index (χ1n) is 5.50. The molecule has 0 spiro atoms. The summed E-state index contributed by atoms with van der Waals surface area (Å²) in [4.78, 5) is 26.7. The average molecular weight is 271 g/mol. The van der Waals surface area contributed by atoms with Crippen LogP contribution in [-0.4, -0.2) is 27.6 Å². The quantitative estimate of drug-likeness (QED) is 0.783. The van der Waals surface area contributed by atoms with Gasteiger partial charge in [0.05, 0.1) is 5.69 Å². The van der Waals surface area contributed by atoms with Gasteiger partial charge in [-0.25, -0.2) is 14.6 Å². The predicted octanol–water partition coefficient (Wildman–Crippen LogP) is 2.25. The highest BCUT2D eigenvalue weighted by molar-refractivity contribution is 7.13. The molecule has 0 unspecified atom stereocenters. The van der Waals surface area contributed by atoms with Gasteiger partial charge < -0.3 is 10.4 Å². The summed E-state index contributed by atoms with van der Waals surface area (Å²) >= 11 is 1.31. The largest absolute Gasteiger partial charge is 0.480 e. The van der Waals surface area contributed by atoms with Crippen molar-refractivity contribution in [2.45, 2.75) is 39.2 Å². The van der Waals surface area contributed by atoms with Gasteiger partial charge in [-0.1, -0.05) is 13.8 Å². The number of anilines is 1. The Hall–Kier alpha value is -1.63. The molecule has 0 bridgehead atoms. The Morgan fingerprint density at radius 1 is 1.44 bits per heavy atom. The Morgan fingerprint density at radius 2 is 2.06 bits per heavy atom. The number of hydrogen-bond acceptors (Lipinski definition) is 4. The number of rotatable bonds is 4. The number of hydrogen-bond donors (Lipinski definition) is 3. The first-order valence-corrected chi connectivity index (χ1v) is 6.38. The van der Waals surface area contributed by atoms with Crippen LogP contribution in [0.4, 0.5) is 9.93 Å². The normalized spacial score (nSPS) is 11.4. The number of urea groups is 1. The van der Waals surface area contributed by atoms with Gasteiger partial charge in [-0.3, -0.25) is 5.32 Å². The van der Waals surface area contributed by atoms with Gasteiger partial charge >= 0.3 is 12.0 Å². The molecule has 6 nitrogen and oxygen atoms in total. The minimum absolute atomic E-state index is 0.287. The fourth-order valence-corrected chi connectivity index (χ4v) is 1.94. The summed E-state index contributed by atoms with van der Waals surface area (Å²) < 4.78 is 0. The maximum atomic E-state index is 11.6. The summed E-state index contributed by atoms with van der Waals surface area (Å²) in [6.45, 7) is 6.84. The number of carboxylic acid groups (broad SMARTS) is 1. The molecule has 0 aliphatic heterocycles. The van der Waals surface area contributed by atoms with Crippen LogP contribution < -0.4 is 10.6 Å². The van der Waals surface area contributed by atoms with E-state index < -0.39 is 17.5 Å². The lowest BCUT2D eigenvalue weighted by Crippen LogP contribution is -2.51. The van der Waals surface area contributed by atoms with Crippen LogP contribution in [0.1, 0.15) is 39.3 Å². The molecule has 0 fully saturated rings. The van der Waals surface area contributed by atoms with Crippen molar-refractivity contribution < 1.29 is 14.7 Å². The first-order chi connectivity index (χ1) is 8.22. The second kappa shape index (κ2) is 5.34. The van der Waals surface area contributed by atoms with Crippen LogP contribution in [0.5, 0.6) is 0 Å². The van der Waals surface area contributed by atoms with E-state index in [4.69, 9.17) is 5.11 Å². The van der Waals surface area contributed by atoms with Crippen LogP contribution in [0.25, 0.3) is 0 Å². The van der Waals surface area contributed by atoms with E-state index in [2.05, 4.69) is 15.6 Å². The highest BCUT2D eigenvalue weighted by Gasteiger charge is 2.29. The van der Waals surface area contributed by atoms with Crippen LogP contribution in [0.2, 0.25) is 0 Å². The molecule has 1 rings (SSSR count). The molecule has 0 atom stereocenters. The van der Waals surface area contributed by atoms with Gasteiger partial charge in [-0.2, -0.15) is 0 Å². The molecule has 0 aliphatic rings. The molecule has 2 amide bonds. The van der Waals surface area contributed by atoms with Gasteiger partial charge in [0.1, 0.15) is 5.54 Å². The third-order valence-electron chi connectivity index (χ3n) is 2.29. The lowest BCUT2D eigenvalue weighted by Gasteiger charge is -2.20. The number of thiazole rings is 1. The van der Waals surface area contributed by atoms with E-state index in [9.17, 15) is 9.59 Å². The number of amides is 2. The molecular formula is C11H17N3O3S. The molecule has 0 radical (unpaired) electrons. The molecule has 0 aliphatic carbocycles. The maximum absolute atomic E-state index is 11.6. The summed E-state index contributed by atoms with van der Waals surface area (Å²) in [5.74, 6) is -0.810. The van der Waals surface area contributed by atoms with E-state index in [1.807, 2.05) is 19.2 Å². The van der Waals surface area contributed by atoms with Crippen LogP contribution in [-0.2, 0) is 4.79 Å². The first kappa shape index (κ1) is 14.4. The van der Waals surface area contributed by atoms with Crippen molar-refractivity contribution in [3.63, 3.8) is 0 Å². The third-order valence-corrected chi connectivity index (χ3v) is 3.07. The minimum atomic E-state index is -1.32. The van der Waals surface area contributed by atoms with Crippen LogP contribution in [0.3, 0.4) is 0 Å². The summed E-state index contributed by atoms with van der Waals surface area (Å²) in [7, 11) is 0. The molecule has 1 aromatic rings. The molecule has 1 aromatic heterocycles. The predicted molar refractivity (Wildman–Crippen MR) is 70.1 cm³/mol. The fourth-order valence-electron chi connectivity index (χ4n) is 1.07. The van der Waals surface area contributed by atoms with Crippen LogP contribution >= 0.6 is 11.3 Å². The smallest absolute Gasteiger partial charge is 0.328 e. The summed E-state index contributed by atoms with van der Waals surface area (Å²) in [5.41, 5.74) is -0.421. The van der Waals surface area contributed by atoms with Gasteiger partial charge in [0.15, 0.2) is 5.13 Å². The zero-order chi connectivity index (χ0) is 13.9. The molecule has 100 valence electrons. The molecule has 0 aromatic carbocycles. The standard InChI is InChI=1S/C11H17N3O3S/c1-6(2)7-5-18-10(12-7)13-9(17)14-11(3,4)8(15)16/h5-6H,1-4H3,(H,15,16)(H2,12,13,14,17). The lowest BCUT2D eigenvalue weighted by atomic mass is 10.1. The second-order valence-electron chi connectivity index (χ2n) is 4.74. The number of aliphatic carboxylic acids is 1. The zero-order valence-electron chi connectivity index (χ0n) is 10.8. The molecule has 1 heterocycles. The molecular weight excluding hydrogens is 254 g/mol. The molecule has 3 N–H and O–H groups in total. The Kier molecular flexibility index (Phi) is 4.28. The number of aromatic nitrogens is 1. The van der Waals surface area contributed by atoms with Crippen LogP contribution in [0.15, 0.2) is 5.38 Å². The van der Waals surface area contributed by atoms with Gasteiger partial charge in [0.25, 0.3) is 0 Å². The van der Waals surface area contributed by atoms with Crippen molar-refractivity contribution in [2.24, 2.45) is 0 Å². The van der Waals surface area contributed by atoms with Crippen molar-refractivity contribution in [3.8, 4) is 0 Å². The van der Waals surface area contributed by atoms with E-state index in [1.54, 1.807) is 0 Å². The third kappa shape index (κ3) is 3.69. The van der Waals surface area contributed by atoms with Crippen molar-refractivity contribution in [2.75, 3.05) is 5.32 Å². The number of carbonyl (C=O) groups is 2. The van der Waals surface area contributed by atoms with E-state index in [1.165, 1.54) is 25.2 Å². The highest BCUT2D eigenvalue weighted by atomic mass is 32.1. The van der Waals surface area contributed by atoms with Crippen molar-refractivity contribution in [1.82, 2.24) is 10.3 Å². The summed E-state index contributed by atoms with van der Waals surface area (Å²) in [6.07, 6.45) is 0. The number of carbonyl (C=O) groups excluding carboxylic acids is 1. The summed E-state index contributed by atoms with van der Waals surface area (Å²) in [5, 5.41) is 16.1. The Labute approximate surface area is 109 Å². The van der Waals surface area contributed by atoms with Gasteiger partial charge in [0, 0.05) is 5.38 Å². The topological polar surface area (TPSA) is 91.3 Å². The molecule has 7 heteroatoms. The lowest BCUT2D eigenvalue weighted by molar-refractivity contribution is -0.142. The Morgan fingerprint density at radius 3 is 2.50 bits per heavy atom. The van der Waals surface area contributed by atoms with E-state index in [0.29, 0.717) is 5.13 Å². The van der Waals surface area contributed by atoms with E-state index in [0.717, 1.165) is 5.69 Å². The Bertz CT molecular complexity index is 454. The number of nitrogens with one attached hydrogen (secondary N) is 2. The fraction of sp³-hybridized carbons (Fsp3) is 0.545. The number of carboxylic acids is 1. The van der Waals surface area contributed by atoms with E-state index in [-0.39, 0.29) is 5.92 Å². The van der Waals surface area contributed by atoms with Gasteiger partial charge in [-0.15, -0.1) is 11.3 Å². The zero-order valence-corrected chi connectivity index (χ0v) is 11.6. The highest BCUT2D eigenvalue weighted by Crippen LogP contribution is 2.21. The second-order valence-corrected chi connectivity index (χ2v) is 5.60. The van der Waals surface area contributed by atoms with Crippen molar-refractivity contribution in [1.29, 1.82) is 0 Å². The summed E-state index contributed by atoms with van der Waals surface area (Å²) in [6, 6.07) is -0.577. The maximum Gasteiger partial charge on any atom is 0.328 e. The Balaban J connectivity index is 2.62. The van der Waals surface area contributed by atoms with Gasteiger partial charge in [-0.05, 0) is 19.8 Å². The van der Waals surface area contributed by atoms with E-state index >= 15 is 0 Å². The number of nitrogens with zero attached hydrogens (tertiary/aromatic N) is 1. The average Bonchev–Trinajstić information content (AvgIpc) is 2.64. The molecule has 0 saturated heterocycles. The van der Waals surface area contributed by atoms with Crippen molar-refractivity contribution in [3.05, 3.63) is 11.1 Å².